The van der Waals surface area contributed by atoms with Crippen molar-refractivity contribution in [2.24, 2.45) is 5.41 Å². The van der Waals surface area contributed by atoms with Gasteiger partial charge in [0.15, 0.2) is 0 Å². The van der Waals surface area contributed by atoms with E-state index in [1.54, 1.807) is 35.5 Å². The molecule has 1 fully saturated rings. The third-order valence-electron chi connectivity index (χ3n) is 9.16. The summed E-state index contributed by atoms with van der Waals surface area (Å²) in [6.45, 7) is 16.0. The van der Waals surface area contributed by atoms with Gasteiger partial charge >= 0.3 is 0 Å². The van der Waals surface area contributed by atoms with E-state index in [1.165, 1.54) is 12.1 Å². The van der Waals surface area contributed by atoms with E-state index in [9.17, 15) is 13.2 Å². The summed E-state index contributed by atoms with van der Waals surface area (Å²) in [7, 11) is -4.19. The molecule has 52 heavy (non-hydrogen) atoms. The van der Waals surface area contributed by atoms with Crippen LogP contribution in [0.1, 0.15) is 81.1 Å². The van der Waals surface area contributed by atoms with E-state index in [1.807, 2.05) is 32.0 Å². The van der Waals surface area contributed by atoms with Crippen molar-refractivity contribution < 1.29 is 22.7 Å². The van der Waals surface area contributed by atoms with Crippen LogP contribution < -0.4 is 14.4 Å². The Labute approximate surface area is 307 Å². The molecule has 2 aromatic heterocycles. The highest BCUT2D eigenvalue weighted by Gasteiger charge is 2.32. The number of hydrogen-bond donors (Lipinski definition) is 1. The van der Waals surface area contributed by atoms with Gasteiger partial charge in [0, 0.05) is 29.8 Å². The SMILES string of the molecule is Cc1cccc(C)c1-c1cc2nc(n1)NS(=O)(=O)c1cccc(c1)C(=O)N(Cc1cncc(N(CCOC3CC3)C(C)C)n1)[C@H](CC(C)(C)C)CO2. The first-order chi connectivity index (χ1) is 24.7. The van der Waals surface area contributed by atoms with Crippen molar-refractivity contribution in [2.75, 3.05) is 29.4 Å². The number of anilines is 2. The Morgan fingerprint density at radius 2 is 1.75 bits per heavy atom. The lowest BCUT2D eigenvalue weighted by atomic mass is 9.87. The molecule has 1 amide bonds. The molecule has 0 unspecified atom stereocenters. The van der Waals surface area contributed by atoms with Crippen molar-refractivity contribution in [1.82, 2.24) is 24.8 Å². The second-order valence-electron chi connectivity index (χ2n) is 15.2. The Kier molecular flexibility index (Phi) is 10.8. The van der Waals surface area contributed by atoms with E-state index in [0.717, 1.165) is 29.5 Å². The highest BCUT2D eigenvalue weighted by molar-refractivity contribution is 7.92. The fourth-order valence-corrected chi connectivity index (χ4v) is 7.51. The summed E-state index contributed by atoms with van der Waals surface area (Å²) in [4.78, 5) is 37.1. The summed E-state index contributed by atoms with van der Waals surface area (Å²) in [5.41, 5.74) is 3.92. The highest BCUT2D eigenvalue weighted by Crippen LogP contribution is 2.32. The number of nitrogens with zero attached hydrogens (tertiary/aromatic N) is 6. The Morgan fingerprint density at radius 3 is 2.44 bits per heavy atom. The molecule has 2 aliphatic rings. The summed E-state index contributed by atoms with van der Waals surface area (Å²) < 4.78 is 42.4. The highest BCUT2D eigenvalue weighted by atomic mass is 32.2. The lowest BCUT2D eigenvalue weighted by Crippen LogP contribution is -2.45. The molecule has 0 spiro atoms. The van der Waals surface area contributed by atoms with Crippen LogP contribution in [-0.4, -0.2) is 77.1 Å². The van der Waals surface area contributed by atoms with Crippen LogP contribution in [0.5, 0.6) is 5.88 Å². The number of amides is 1. The summed E-state index contributed by atoms with van der Waals surface area (Å²) in [6, 6.07) is 13.4. The molecule has 0 radical (unpaired) electrons. The smallest absolute Gasteiger partial charge is 0.264 e. The average molecular weight is 728 g/mol. The number of benzene rings is 2. The lowest BCUT2D eigenvalue weighted by molar-refractivity contribution is 0.0509. The standard InChI is InChI=1S/C39H49N7O5S/c1-25(2)45(16-17-50-31-14-15-31)34-22-40-21-29(41-34)23-46-30(20-39(5,6)7)24-51-35-19-33(36-26(3)10-8-11-27(36)4)42-38(43-35)44-52(48,49)32-13-9-12-28(18-32)37(46)47/h8-13,18-19,21-22,25,30-31H,14-17,20,23-24H2,1-7H3,(H,42,43,44)/t30-/m1/s1. The van der Waals surface area contributed by atoms with Gasteiger partial charge in [-0.15, -0.1) is 0 Å². The van der Waals surface area contributed by atoms with Crippen molar-refractivity contribution in [2.45, 2.75) is 97.4 Å². The first kappa shape index (κ1) is 37.1. The number of carbonyl (C=O) groups excluding carboxylic acids is 1. The van der Waals surface area contributed by atoms with E-state index in [2.05, 4.69) is 59.2 Å². The second-order valence-corrected chi connectivity index (χ2v) is 16.9. The topological polar surface area (TPSA) is 140 Å². The zero-order chi connectivity index (χ0) is 37.2. The van der Waals surface area contributed by atoms with Crippen LogP contribution in [0, 0.1) is 19.3 Å². The number of nitrogens with one attached hydrogen (secondary N) is 1. The predicted octanol–water partition coefficient (Wildman–Crippen LogP) is 6.58. The Bertz CT molecular complexity index is 2010. The molecule has 3 heterocycles. The molecule has 4 bridgehead atoms. The number of aromatic nitrogens is 4. The van der Waals surface area contributed by atoms with Crippen molar-refractivity contribution in [3.8, 4) is 17.1 Å². The van der Waals surface area contributed by atoms with E-state index in [4.69, 9.17) is 14.5 Å². The number of sulfonamides is 1. The number of hydrogen-bond acceptors (Lipinski definition) is 10. The van der Waals surface area contributed by atoms with Gasteiger partial charge in [-0.05, 0) is 81.7 Å². The van der Waals surface area contributed by atoms with Crippen LogP contribution in [-0.2, 0) is 21.3 Å². The van der Waals surface area contributed by atoms with Gasteiger partial charge in [0.25, 0.3) is 15.9 Å². The van der Waals surface area contributed by atoms with Crippen LogP contribution in [0.2, 0.25) is 0 Å². The number of aryl methyl sites for hydroxylation is 2. The molecule has 4 aromatic rings. The van der Waals surface area contributed by atoms with Crippen LogP contribution in [0.15, 0.2) is 65.8 Å². The van der Waals surface area contributed by atoms with E-state index >= 15 is 0 Å². The fraction of sp³-hybridized carbons (Fsp3) is 0.462. The summed E-state index contributed by atoms with van der Waals surface area (Å²) in [5, 5.41) is 0. The van der Waals surface area contributed by atoms with Gasteiger partial charge in [-0.2, -0.15) is 4.98 Å². The third kappa shape index (κ3) is 9.05. The first-order valence-electron chi connectivity index (χ1n) is 17.9. The average Bonchev–Trinajstić information content (AvgIpc) is 3.91. The van der Waals surface area contributed by atoms with E-state index in [0.29, 0.717) is 42.9 Å². The van der Waals surface area contributed by atoms with Crippen LogP contribution in [0.4, 0.5) is 11.8 Å². The molecule has 2 aromatic carbocycles. The molecule has 1 aliphatic heterocycles. The van der Waals surface area contributed by atoms with Gasteiger partial charge in [-0.1, -0.05) is 45.0 Å². The summed E-state index contributed by atoms with van der Waals surface area (Å²) in [5.74, 6) is 0.402. The Hall–Kier alpha value is -4.62. The van der Waals surface area contributed by atoms with Crippen LogP contribution in [0.25, 0.3) is 11.3 Å². The zero-order valence-corrected chi connectivity index (χ0v) is 31.9. The second kappa shape index (κ2) is 15.2. The predicted molar refractivity (Wildman–Crippen MR) is 201 cm³/mol. The number of carbonyl (C=O) groups is 1. The molecule has 6 rings (SSSR count). The Balaban J connectivity index is 1.42. The molecule has 1 atom stereocenters. The van der Waals surface area contributed by atoms with Gasteiger partial charge in [-0.3, -0.25) is 9.78 Å². The van der Waals surface area contributed by atoms with E-state index < -0.39 is 16.1 Å². The van der Waals surface area contributed by atoms with Crippen molar-refractivity contribution in [3.63, 3.8) is 0 Å². The van der Waals surface area contributed by atoms with Crippen LogP contribution >= 0.6 is 0 Å². The third-order valence-corrected chi connectivity index (χ3v) is 10.5. The minimum Gasteiger partial charge on any atom is -0.475 e. The van der Waals surface area contributed by atoms with Gasteiger partial charge in [-0.25, -0.2) is 23.1 Å². The maximum Gasteiger partial charge on any atom is 0.264 e. The van der Waals surface area contributed by atoms with Gasteiger partial charge < -0.3 is 19.3 Å². The zero-order valence-electron chi connectivity index (χ0n) is 31.1. The molecule has 1 saturated carbocycles. The molecule has 1 N–H and O–H groups in total. The lowest BCUT2D eigenvalue weighted by Gasteiger charge is -2.36. The van der Waals surface area contributed by atoms with Crippen molar-refractivity contribution >= 4 is 27.7 Å². The molecule has 0 saturated heterocycles. The molecule has 276 valence electrons. The van der Waals surface area contributed by atoms with Crippen molar-refractivity contribution in [1.29, 1.82) is 0 Å². The van der Waals surface area contributed by atoms with E-state index in [-0.39, 0.29) is 52.8 Å². The maximum atomic E-state index is 14.6. The molecule has 1 aliphatic carbocycles. The maximum absolute atomic E-state index is 14.6. The number of fused-ring (bicyclic) bond motifs is 4. The monoisotopic (exact) mass is 727 g/mol. The minimum absolute atomic E-state index is 0.0852. The molecular weight excluding hydrogens is 679 g/mol. The molecule has 13 heteroatoms. The Morgan fingerprint density at radius 1 is 1.02 bits per heavy atom. The molecule has 12 nitrogen and oxygen atoms in total. The number of ether oxygens (including phenoxy) is 2. The van der Waals surface area contributed by atoms with Gasteiger partial charge in [0.05, 0.1) is 54.0 Å². The quantitative estimate of drug-likeness (QED) is 0.190. The van der Waals surface area contributed by atoms with Crippen molar-refractivity contribution in [3.05, 3.63) is 83.3 Å². The minimum atomic E-state index is -4.19. The van der Waals surface area contributed by atoms with Gasteiger partial charge in [0.1, 0.15) is 12.4 Å². The van der Waals surface area contributed by atoms with Gasteiger partial charge in [0.2, 0.25) is 11.8 Å². The first-order valence-corrected chi connectivity index (χ1v) is 19.4. The number of rotatable bonds is 10. The normalized spacial score (nSPS) is 17.4. The summed E-state index contributed by atoms with van der Waals surface area (Å²) in [6.07, 6.45) is 6.55. The van der Waals surface area contributed by atoms with Crippen LogP contribution in [0.3, 0.4) is 0 Å². The fourth-order valence-electron chi connectivity index (χ4n) is 6.52. The summed E-state index contributed by atoms with van der Waals surface area (Å²) >= 11 is 0. The molecular formula is C39H49N7O5S. The largest absolute Gasteiger partial charge is 0.475 e.